The molecular formula is C5H5N3OS. The van der Waals surface area contributed by atoms with Gasteiger partial charge in [-0.1, -0.05) is 11.3 Å². The predicted octanol–water partition coefficient (Wildman–Crippen LogP) is 1.41. The van der Waals surface area contributed by atoms with Crippen molar-refractivity contribution >= 4 is 27.5 Å². The lowest BCUT2D eigenvalue weighted by atomic mass is 10.5. The molecule has 1 aromatic rings. The van der Waals surface area contributed by atoms with E-state index >= 15 is 0 Å². The fourth-order valence-electron chi connectivity index (χ4n) is 0.797. The van der Waals surface area contributed by atoms with Crippen LogP contribution in [0.25, 0.3) is 0 Å². The van der Waals surface area contributed by atoms with E-state index in [1.165, 1.54) is 11.3 Å². The van der Waals surface area contributed by atoms with Crippen molar-refractivity contribution in [3.05, 3.63) is 5.69 Å². The number of thiazole rings is 1. The van der Waals surface area contributed by atoms with Crippen LogP contribution in [0.1, 0.15) is 5.69 Å². The van der Waals surface area contributed by atoms with Crippen LogP contribution in [0.4, 0.5) is 14.9 Å². The predicted molar refractivity (Wildman–Crippen MR) is 39.5 cm³/mol. The summed E-state index contributed by atoms with van der Waals surface area (Å²) in [5, 5.41) is 6.72. The lowest BCUT2D eigenvalue weighted by molar-refractivity contribution is 0.262. The van der Waals surface area contributed by atoms with E-state index in [0.717, 1.165) is 10.7 Å². The average Bonchev–Trinajstić information content (AvgIpc) is 2.07. The SMILES string of the molecule is Cc1nc2sc1NC(=O)N2. The first-order chi connectivity index (χ1) is 4.75. The Balaban J connectivity index is 2.54. The zero-order valence-electron chi connectivity index (χ0n) is 5.26. The Kier molecular flexibility index (Phi) is 0.960. The molecular weight excluding hydrogens is 150 g/mol. The van der Waals surface area contributed by atoms with Crippen LogP contribution in [0, 0.1) is 6.92 Å². The van der Waals surface area contributed by atoms with E-state index < -0.39 is 0 Å². The first-order valence-electron chi connectivity index (χ1n) is 2.81. The maximum Gasteiger partial charge on any atom is 0.326 e. The van der Waals surface area contributed by atoms with Crippen LogP contribution in [0.15, 0.2) is 0 Å². The van der Waals surface area contributed by atoms with Crippen molar-refractivity contribution in [3.63, 3.8) is 0 Å². The van der Waals surface area contributed by atoms with Crippen molar-refractivity contribution in [2.24, 2.45) is 0 Å². The van der Waals surface area contributed by atoms with Crippen LogP contribution < -0.4 is 10.6 Å². The summed E-state index contributed by atoms with van der Waals surface area (Å²) in [7, 11) is 0. The summed E-state index contributed by atoms with van der Waals surface area (Å²) < 4.78 is 0. The Bertz CT molecular complexity index is 289. The topological polar surface area (TPSA) is 54.0 Å². The summed E-state index contributed by atoms with van der Waals surface area (Å²) in [6.45, 7) is 1.86. The third kappa shape index (κ3) is 0.672. The normalized spacial score (nSPS) is 14.3. The van der Waals surface area contributed by atoms with E-state index in [9.17, 15) is 4.79 Å². The van der Waals surface area contributed by atoms with Crippen LogP contribution in [0.3, 0.4) is 0 Å². The monoisotopic (exact) mass is 155 g/mol. The summed E-state index contributed by atoms with van der Waals surface area (Å²) in [6, 6.07) is -0.190. The van der Waals surface area contributed by atoms with Gasteiger partial charge in [-0.25, -0.2) is 9.78 Å². The number of hydrogen-bond donors (Lipinski definition) is 2. The van der Waals surface area contributed by atoms with Crippen LogP contribution in [0.5, 0.6) is 0 Å². The van der Waals surface area contributed by atoms with Crippen LogP contribution in [0.2, 0.25) is 0 Å². The average molecular weight is 155 g/mol. The van der Waals surface area contributed by atoms with Gasteiger partial charge in [-0.15, -0.1) is 0 Å². The highest BCUT2D eigenvalue weighted by Crippen LogP contribution is 2.30. The molecule has 10 heavy (non-hydrogen) atoms. The number of rotatable bonds is 0. The van der Waals surface area contributed by atoms with Crippen LogP contribution >= 0.6 is 11.3 Å². The number of carbonyl (C=O) groups is 1. The van der Waals surface area contributed by atoms with Crippen molar-refractivity contribution in [1.29, 1.82) is 0 Å². The zero-order valence-corrected chi connectivity index (χ0v) is 6.08. The molecule has 0 radical (unpaired) electrons. The number of amides is 2. The highest BCUT2D eigenvalue weighted by atomic mass is 32.1. The molecule has 4 nitrogen and oxygen atoms in total. The number of hydrogen-bond acceptors (Lipinski definition) is 3. The molecule has 2 heterocycles. The van der Waals surface area contributed by atoms with E-state index in [0.29, 0.717) is 5.13 Å². The number of aryl methyl sites for hydroxylation is 1. The minimum atomic E-state index is -0.190. The summed E-state index contributed by atoms with van der Waals surface area (Å²) in [4.78, 5) is 14.8. The van der Waals surface area contributed by atoms with Gasteiger partial charge >= 0.3 is 6.03 Å². The Morgan fingerprint density at radius 1 is 1.50 bits per heavy atom. The van der Waals surface area contributed by atoms with Gasteiger partial charge in [0.1, 0.15) is 5.00 Å². The molecule has 1 aliphatic heterocycles. The molecule has 1 aromatic heterocycles. The third-order valence-electron chi connectivity index (χ3n) is 1.24. The highest BCUT2D eigenvalue weighted by Gasteiger charge is 2.17. The molecule has 0 unspecified atom stereocenters. The van der Waals surface area contributed by atoms with Gasteiger partial charge in [0.25, 0.3) is 0 Å². The molecule has 5 heteroatoms. The van der Waals surface area contributed by atoms with Gasteiger partial charge in [-0.2, -0.15) is 0 Å². The Hall–Kier alpha value is -1.10. The molecule has 52 valence electrons. The lowest BCUT2D eigenvalue weighted by Gasteiger charge is -2.04. The van der Waals surface area contributed by atoms with Crippen molar-refractivity contribution in [2.45, 2.75) is 6.92 Å². The highest BCUT2D eigenvalue weighted by molar-refractivity contribution is 7.20. The van der Waals surface area contributed by atoms with Crippen molar-refractivity contribution in [3.8, 4) is 0 Å². The van der Waals surface area contributed by atoms with E-state index in [-0.39, 0.29) is 6.03 Å². The molecule has 0 fully saturated rings. The molecule has 2 N–H and O–H groups in total. The fourth-order valence-corrected chi connectivity index (χ4v) is 1.65. The summed E-state index contributed by atoms with van der Waals surface area (Å²) in [5.74, 6) is 0. The molecule has 0 aliphatic carbocycles. The van der Waals surface area contributed by atoms with Gasteiger partial charge in [-0.3, -0.25) is 10.6 Å². The minimum absolute atomic E-state index is 0.190. The Morgan fingerprint density at radius 3 is 3.00 bits per heavy atom. The number of nitrogens with one attached hydrogen (secondary N) is 2. The van der Waals surface area contributed by atoms with Gasteiger partial charge in [-0.05, 0) is 6.92 Å². The lowest BCUT2D eigenvalue weighted by Crippen LogP contribution is -2.19. The van der Waals surface area contributed by atoms with E-state index in [1.54, 1.807) is 0 Å². The second-order valence-corrected chi connectivity index (χ2v) is 3.01. The van der Waals surface area contributed by atoms with Crippen molar-refractivity contribution in [2.75, 3.05) is 10.6 Å². The standard InChI is InChI=1S/C5H5N3OS/c1-2-3-7-4(9)8-5(6-2)10-3/h1H3,(H2,6,7,8,9). The van der Waals surface area contributed by atoms with Crippen molar-refractivity contribution in [1.82, 2.24) is 4.98 Å². The zero-order chi connectivity index (χ0) is 7.14. The van der Waals surface area contributed by atoms with E-state index in [1.807, 2.05) is 6.92 Å². The third-order valence-corrected chi connectivity index (χ3v) is 2.23. The quantitative estimate of drug-likeness (QED) is 0.595. The maximum absolute atomic E-state index is 10.7. The molecule has 0 saturated carbocycles. The largest absolute Gasteiger partial charge is 0.326 e. The van der Waals surface area contributed by atoms with Gasteiger partial charge < -0.3 is 0 Å². The van der Waals surface area contributed by atoms with Gasteiger partial charge in [0.15, 0.2) is 5.13 Å². The minimum Gasteiger partial charge on any atom is -0.297 e. The number of aromatic nitrogens is 1. The van der Waals surface area contributed by atoms with Gasteiger partial charge in [0, 0.05) is 0 Å². The first kappa shape index (κ1) is 5.67. The molecule has 0 aromatic carbocycles. The second kappa shape index (κ2) is 1.69. The summed E-state index contributed by atoms with van der Waals surface area (Å²) >= 11 is 1.45. The number of fused-ring (bicyclic) bond motifs is 2. The molecule has 2 rings (SSSR count). The number of urea groups is 1. The van der Waals surface area contributed by atoms with Crippen molar-refractivity contribution < 1.29 is 4.79 Å². The molecule has 0 spiro atoms. The number of carbonyl (C=O) groups excluding carboxylic acids is 1. The molecule has 0 atom stereocenters. The molecule has 0 saturated heterocycles. The summed E-state index contributed by atoms with van der Waals surface area (Å²) in [5.41, 5.74) is 0.873. The second-order valence-electron chi connectivity index (χ2n) is 2.01. The smallest absolute Gasteiger partial charge is 0.297 e. The molecule has 2 amide bonds. The van der Waals surface area contributed by atoms with Crippen LogP contribution in [-0.4, -0.2) is 11.0 Å². The van der Waals surface area contributed by atoms with Gasteiger partial charge in [0.05, 0.1) is 5.69 Å². The van der Waals surface area contributed by atoms with E-state index in [4.69, 9.17) is 0 Å². The van der Waals surface area contributed by atoms with Gasteiger partial charge in [0.2, 0.25) is 0 Å². The number of nitrogens with zero attached hydrogens (tertiary/aromatic N) is 1. The molecule has 2 bridgehead atoms. The fraction of sp³-hybridized carbons (Fsp3) is 0.200. The number of anilines is 2. The van der Waals surface area contributed by atoms with Crippen LogP contribution in [-0.2, 0) is 0 Å². The summed E-state index contributed by atoms with van der Waals surface area (Å²) in [6.07, 6.45) is 0. The van der Waals surface area contributed by atoms with E-state index in [2.05, 4.69) is 15.6 Å². The first-order valence-corrected chi connectivity index (χ1v) is 3.63. The Morgan fingerprint density at radius 2 is 2.30 bits per heavy atom. The Labute approximate surface area is 61.3 Å². The molecule has 1 aliphatic rings. The maximum atomic E-state index is 10.7.